The minimum atomic E-state index is 0.361. The maximum atomic E-state index is 5.52. The molecule has 2 aromatic rings. The fourth-order valence-corrected chi connectivity index (χ4v) is 1.49. The number of rotatable bonds is 4. The SMILES string of the molecule is c1ccc(OCc2noc(C3CC3)n2)cc1. The van der Waals surface area contributed by atoms with Gasteiger partial charge in [0.15, 0.2) is 6.61 Å². The third-order valence-electron chi connectivity index (χ3n) is 2.52. The van der Waals surface area contributed by atoms with Crippen molar-refractivity contribution in [3.63, 3.8) is 0 Å². The van der Waals surface area contributed by atoms with E-state index >= 15 is 0 Å². The largest absolute Gasteiger partial charge is 0.485 e. The van der Waals surface area contributed by atoms with E-state index < -0.39 is 0 Å². The van der Waals surface area contributed by atoms with Crippen molar-refractivity contribution in [1.82, 2.24) is 10.1 Å². The van der Waals surface area contributed by atoms with Crippen LogP contribution in [0.5, 0.6) is 5.75 Å². The number of aromatic nitrogens is 2. The lowest BCUT2D eigenvalue weighted by Gasteiger charge is -2.01. The highest BCUT2D eigenvalue weighted by atomic mass is 16.5. The van der Waals surface area contributed by atoms with Gasteiger partial charge < -0.3 is 9.26 Å². The lowest BCUT2D eigenvalue weighted by Crippen LogP contribution is -1.97. The maximum Gasteiger partial charge on any atom is 0.229 e. The van der Waals surface area contributed by atoms with Crippen LogP contribution in [0.25, 0.3) is 0 Å². The van der Waals surface area contributed by atoms with E-state index in [4.69, 9.17) is 9.26 Å². The van der Waals surface area contributed by atoms with Crippen molar-refractivity contribution in [1.29, 1.82) is 0 Å². The van der Waals surface area contributed by atoms with Crippen LogP contribution in [0, 0.1) is 0 Å². The average molecular weight is 216 g/mol. The van der Waals surface area contributed by atoms with Crippen LogP contribution in [0.3, 0.4) is 0 Å². The molecule has 3 rings (SSSR count). The lowest BCUT2D eigenvalue weighted by molar-refractivity contribution is 0.285. The Balaban J connectivity index is 1.61. The highest BCUT2D eigenvalue weighted by Gasteiger charge is 2.29. The van der Waals surface area contributed by atoms with Crippen molar-refractivity contribution >= 4 is 0 Å². The Morgan fingerprint density at radius 2 is 2.06 bits per heavy atom. The summed E-state index contributed by atoms with van der Waals surface area (Å²) in [6, 6.07) is 9.62. The molecule has 1 aliphatic carbocycles. The van der Waals surface area contributed by atoms with E-state index in [0.717, 1.165) is 11.6 Å². The highest BCUT2D eigenvalue weighted by Crippen LogP contribution is 2.38. The monoisotopic (exact) mass is 216 g/mol. The number of hydrogen-bond acceptors (Lipinski definition) is 4. The molecular weight excluding hydrogens is 204 g/mol. The molecule has 1 aromatic carbocycles. The maximum absolute atomic E-state index is 5.52. The number of para-hydroxylation sites is 1. The molecule has 4 heteroatoms. The van der Waals surface area contributed by atoms with E-state index in [9.17, 15) is 0 Å². The van der Waals surface area contributed by atoms with Crippen molar-refractivity contribution < 1.29 is 9.26 Å². The Kier molecular flexibility index (Phi) is 2.33. The molecule has 0 radical (unpaired) electrons. The summed E-state index contributed by atoms with van der Waals surface area (Å²) in [5.41, 5.74) is 0. The van der Waals surface area contributed by atoms with Crippen molar-refractivity contribution in [2.24, 2.45) is 0 Å². The molecule has 1 saturated carbocycles. The Bertz CT molecular complexity index is 463. The molecule has 0 aliphatic heterocycles. The molecule has 0 spiro atoms. The van der Waals surface area contributed by atoms with E-state index in [-0.39, 0.29) is 0 Å². The summed E-state index contributed by atoms with van der Waals surface area (Å²) in [5.74, 6) is 2.69. The zero-order valence-electron chi connectivity index (χ0n) is 8.80. The first-order valence-electron chi connectivity index (χ1n) is 5.42. The van der Waals surface area contributed by atoms with Crippen molar-refractivity contribution in [3.05, 3.63) is 42.0 Å². The molecule has 4 nitrogen and oxygen atoms in total. The second kappa shape index (κ2) is 3.96. The molecule has 1 aromatic heterocycles. The molecule has 0 N–H and O–H groups in total. The zero-order valence-corrected chi connectivity index (χ0v) is 8.80. The summed E-state index contributed by atoms with van der Waals surface area (Å²) in [6.45, 7) is 0.361. The molecule has 0 unspecified atom stereocenters. The van der Waals surface area contributed by atoms with Gasteiger partial charge in [0, 0.05) is 5.92 Å². The fourth-order valence-electron chi connectivity index (χ4n) is 1.49. The molecule has 1 fully saturated rings. The molecule has 0 amide bonds. The number of nitrogens with zero attached hydrogens (tertiary/aromatic N) is 2. The van der Waals surface area contributed by atoms with E-state index in [0.29, 0.717) is 18.3 Å². The summed E-state index contributed by atoms with van der Waals surface area (Å²) < 4.78 is 10.7. The molecule has 1 aliphatic rings. The standard InChI is InChI=1S/C12H12N2O2/c1-2-4-10(5-3-1)15-8-11-13-12(16-14-11)9-6-7-9/h1-5,9H,6-8H2. The van der Waals surface area contributed by atoms with Gasteiger partial charge in [0.05, 0.1) is 0 Å². The predicted octanol–water partition coefficient (Wildman–Crippen LogP) is 2.53. The Labute approximate surface area is 93.2 Å². The molecular formula is C12H12N2O2. The third kappa shape index (κ3) is 2.05. The van der Waals surface area contributed by atoms with Crippen LogP contribution in [0.1, 0.15) is 30.5 Å². The van der Waals surface area contributed by atoms with Gasteiger partial charge in [-0.15, -0.1) is 0 Å². The average Bonchev–Trinajstić information content (AvgIpc) is 3.08. The first kappa shape index (κ1) is 9.39. The Morgan fingerprint density at radius 3 is 2.81 bits per heavy atom. The second-order valence-corrected chi connectivity index (χ2v) is 3.92. The van der Waals surface area contributed by atoms with E-state index in [1.165, 1.54) is 12.8 Å². The minimum Gasteiger partial charge on any atom is -0.485 e. The minimum absolute atomic E-state index is 0.361. The van der Waals surface area contributed by atoms with Crippen LogP contribution in [0.2, 0.25) is 0 Å². The highest BCUT2D eigenvalue weighted by molar-refractivity contribution is 5.21. The summed E-state index contributed by atoms with van der Waals surface area (Å²) >= 11 is 0. The van der Waals surface area contributed by atoms with Gasteiger partial charge in [0.25, 0.3) is 0 Å². The van der Waals surface area contributed by atoms with Crippen LogP contribution < -0.4 is 4.74 Å². The van der Waals surface area contributed by atoms with Crippen molar-refractivity contribution in [2.75, 3.05) is 0 Å². The van der Waals surface area contributed by atoms with Gasteiger partial charge in [-0.1, -0.05) is 23.4 Å². The van der Waals surface area contributed by atoms with Gasteiger partial charge in [-0.05, 0) is 25.0 Å². The smallest absolute Gasteiger partial charge is 0.229 e. The van der Waals surface area contributed by atoms with Crippen LogP contribution in [-0.2, 0) is 6.61 Å². The van der Waals surface area contributed by atoms with E-state index in [1.807, 2.05) is 30.3 Å². The van der Waals surface area contributed by atoms with Gasteiger partial charge in [-0.2, -0.15) is 4.98 Å². The quantitative estimate of drug-likeness (QED) is 0.787. The van der Waals surface area contributed by atoms with Crippen molar-refractivity contribution in [3.8, 4) is 5.75 Å². The van der Waals surface area contributed by atoms with E-state index in [2.05, 4.69) is 10.1 Å². The van der Waals surface area contributed by atoms with Crippen LogP contribution in [-0.4, -0.2) is 10.1 Å². The lowest BCUT2D eigenvalue weighted by atomic mass is 10.3. The third-order valence-corrected chi connectivity index (χ3v) is 2.52. The fraction of sp³-hybridized carbons (Fsp3) is 0.333. The van der Waals surface area contributed by atoms with Crippen LogP contribution in [0.15, 0.2) is 34.9 Å². The molecule has 0 bridgehead atoms. The molecule has 0 atom stereocenters. The van der Waals surface area contributed by atoms with Gasteiger partial charge in [0.2, 0.25) is 11.7 Å². The zero-order chi connectivity index (χ0) is 10.8. The molecule has 1 heterocycles. The summed E-state index contributed by atoms with van der Waals surface area (Å²) in [4.78, 5) is 4.28. The topological polar surface area (TPSA) is 48.2 Å². The van der Waals surface area contributed by atoms with Gasteiger partial charge in [-0.25, -0.2) is 0 Å². The first-order chi connectivity index (χ1) is 7.92. The molecule has 0 saturated heterocycles. The van der Waals surface area contributed by atoms with Gasteiger partial charge in [0.1, 0.15) is 5.75 Å². The summed E-state index contributed by atoms with van der Waals surface area (Å²) in [7, 11) is 0. The normalized spacial score (nSPS) is 15.0. The number of benzene rings is 1. The number of hydrogen-bond donors (Lipinski definition) is 0. The van der Waals surface area contributed by atoms with E-state index in [1.54, 1.807) is 0 Å². The van der Waals surface area contributed by atoms with Crippen LogP contribution in [0.4, 0.5) is 0 Å². The predicted molar refractivity (Wildman–Crippen MR) is 57.0 cm³/mol. The van der Waals surface area contributed by atoms with Crippen molar-refractivity contribution in [2.45, 2.75) is 25.4 Å². The molecule has 16 heavy (non-hydrogen) atoms. The van der Waals surface area contributed by atoms with Gasteiger partial charge >= 0.3 is 0 Å². The Morgan fingerprint density at radius 1 is 1.25 bits per heavy atom. The van der Waals surface area contributed by atoms with Gasteiger partial charge in [-0.3, -0.25) is 0 Å². The second-order valence-electron chi connectivity index (χ2n) is 3.92. The summed E-state index contributed by atoms with van der Waals surface area (Å²) in [5, 5.41) is 3.88. The Hall–Kier alpha value is -1.84. The molecule has 82 valence electrons. The summed E-state index contributed by atoms with van der Waals surface area (Å²) in [6.07, 6.45) is 2.34. The van der Waals surface area contributed by atoms with Crippen LogP contribution >= 0.6 is 0 Å². The first-order valence-corrected chi connectivity index (χ1v) is 5.42. The number of ether oxygens (including phenoxy) is 1.